The first-order valence-corrected chi connectivity index (χ1v) is 7.17. The van der Waals surface area contributed by atoms with Gasteiger partial charge in [-0.05, 0) is 31.2 Å². The molecule has 1 aliphatic heterocycles. The van der Waals surface area contributed by atoms with Crippen LogP contribution in [0.5, 0.6) is 5.75 Å². The Hall–Kier alpha value is -3.10. The smallest absolute Gasteiger partial charge is 0.416 e. The number of fused-ring (bicyclic) bond motifs is 1. The second kappa shape index (κ2) is 6.08. The molecule has 0 fully saturated rings. The predicted molar refractivity (Wildman–Crippen MR) is 82.5 cm³/mol. The van der Waals surface area contributed by atoms with E-state index in [0.717, 1.165) is 12.1 Å². The van der Waals surface area contributed by atoms with Crippen LogP contribution in [0, 0.1) is 6.92 Å². The number of alkyl halides is 3. The molecule has 0 radical (unpaired) electrons. The maximum Gasteiger partial charge on any atom is 0.416 e. The summed E-state index contributed by atoms with van der Waals surface area (Å²) in [5.74, 6) is -1.30. The van der Waals surface area contributed by atoms with Crippen molar-refractivity contribution < 1.29 is 27.5 Å². The van der Waals surface area contributed by atoms with Crippen LogP contribution in [0.4, 0.5) is 24.5 Å². The third-order valence-electron chi connectivity index (χ3n) is 3.41. The Morgan fingerprint density at radius 2 is 2.08 bits per heavy atom. The van der Waals surface area contributed by atoms with Crippen molar-refractivity contribution in [2.75, 3.05) is 17.2 Å². The molecular weight excluding hydrogens is 339 g/mol. The normalized spacial score (nSPS) is 13.5. The van der Waals surface area contributed by atoms with Crippen LogP contribution in [0.15, 0.2) is 30.3 Å². The molecule has 2 aromatic rings. The molecule has 0 saturated heterocycles. The molecule has 0 spiro atoms. The third-order valence-corrected chi connectivity index (χ3v) is 3.41. The largest absolute Gasteiger partial charge is 0.479 e. The number of nitrogens with one attached hydrogen (secondary N) is 2. The molecule has 130 valence electrons. The Morgan fingerprint density at radius 3 is 2.76 bits per heavy atom. The number of aromatic nitrogens is 1. The van der Waals surface area contributed by atoms with Gasteiger partial charge >= 0.3 is 6.18 Å². The summed E-state index contributed by atoms with van der Waals surface area (Å²) in [6, 6.07) is 6.24. The van der Waals surface area contributed by atoms with Crippen LogP contribution in [0.2, 0.25) is 0 Å². The van der Waals surface area contributed by atoms with Crippen molar-refractivity contribution in [3.05, 3.63) is 47.3 Å². The Labute approximate surface area is 140 Å². The molecular formula is C16H12F3N3O3. The molecule has 0 unspecified atom stereocenters. The van der Waals surface area contributed by atoms with Crippen LogP contribution >= 0.6 is 0 Å². The number of anilines is 2. The number of nitrogens with zero attached hydrogens (tertiary/aromatic N) is 1. The summed E-state index contributed by atoms with van der Waals surface area (Å²) in [4.78, 5) is 27.7. The Kier molecular flexibility index (Phi) is 4.07. The molecule has 0 atom stereocenters. The molecule has 1 aliphatic rings. The fraction of sp³-hybridized carbons (Fsp3) is 0.188. The van der Waals surface area contributed by atoms with E-state index < -0.39 is 23.6 Å². The number of aryl methyl sites for hydroxylation is 1. The maximum absolute atomic E-state index is 13.1. The van der Waals surface area contributed by atoms with Gasteiger partial charge in [-0.15, -0.1) is 0 Å². The number of benzene rings is 1. The van der Waals surface area contributed by atoms with Crippen molar-refractivity contribution >= 4 is 23.2 Å². The summed E-state index contributed by atoms with van der Waals surface area (Å²) < 4.78 is 44.4. The molecule has 3 rings (SSSR count). The minimum absolute atomic E-state index is 0.0337. The highest BCUT2D eigenvalue weighted by Crippen LogP contribution is 2.42. The quantitative estimate of drug-likeness (QED) is 0.872. The van der Waals surface area contributed by atoms with Gasteiger partial charge in [0.1, 0.15) is 5.69 Å². The zero-order valence-corrected chi connectivity index (χ0v) is 12.9. The van der Waals surface area contributed by atoms with Crippen LogP contribution < -0.4 is 15.4 Å². The van der Waals surface area contributed by atoms with Gasteiger partial charge in [-0.3, -0.25) is 9.59 Å². The second-order valence-electron chi connectivity index (χ2n) is 5.35. The van der Waals surface area contributed by atoms with Crippen molar-refractivity contribution in [3.8, 4) is 5.75 Å². The van der Waals surface area contributed by atoms with Crippen molar-refractivity contribution in [2.24, 2.45) is 0 Å². The van der Waals surface area contributed by atoms with E-state index in [1.54, 1.807) is 19.1 Å². The number of carbonyl (C=O) groups is 2. The number of hydrogen-bond donors (Lipinski definition) is 2. The van der Waals surface area contributed by atoms with E-state index in [1.807, 2.05) is 0 Å². The predicted octanol–water partition coefficient (Wildman–Crippen LogP) is 2.99. The van der Waals surface area contributed by atoms with Gasteiger partial charge in [0.25, 0.3) is 11.8 Å². The van der Waals surface area contributed by atoms with Crippen LogP contribution in [0.25, 0.3) is 0 Å². The lowest BCUT2D eigenvalue weighted by atomic mass is 10.1. The van der Waals surface area contributed by atoms with E-state index in [-0.39, 0.29) is 29.4 Å². The van der Waals surface area contributed by atoms with Crippen LogP contribution in [0.3, 0.4) is 0 Å². The summed E-state index contributed by atoms with van der Waals surface area (Å²) in [5.41, 5.74) is -0.741. The minimum Gasteiger partial charge on any atom is -0.479 e. The number of hydrogen-bond acceptors (Lipinski definition) is 4. The summed E-state index contributed by atoms with van der Waals surface area (Å²) in [5, 5.41) is 4.67. The van der Waals surface area contributed by atoms with Gasteiger partial charge in [0, 0.05) is 5.69 Å². The van der Waals surface area contributed by atoms with Crippen LogP contribution in [0.1, 0.15) is 21.7 Å². The van der Waals surface area contributed by atoms with E-state index in [9.17, 15) is 22.8 Å². The third kappa shape index (κ3) is 3.54. The molecule has 0 aliphatic carbocycles. The monoisotopic (exact) mass is 351 g/mol. The van der Waals surface area contributed by atoms with Gasteiger partial charge < -0.3 is 15.4 Å². The van der Waals surface area contributed by atoms with Gasteiger partial charge in [0.05, 0.1) is 16.9 Å². The number of carbonyl (C=O) groups excluding carboxylic acids is 2. The number of pyridine rings is 1. The SMILES string of the molecule is Cc1cccc(C(=O)Nc2cc(C(F)(F)F)cc3c2OCC(=O)N3)n1. The number of amides is 2. The van der Waals surface area contributed by atoms with Crippen LogP contribution in [-0.4, -0.2) is 23.4 Å². The first kappa shape index (κ1) is 16.7. The van der Waals surface area contributed by atoms with Gasteiger partial charge in [-0.2, -0.15) is 13.2 Å². The average molecular weight is 351 g/mol. The fourth-order valence-electron chi connectivity index (χ4n) is 2.31. The lowest BCUT2D eigenvalue weighted by Gasteiger charge is -2.22. The number of rotatable bonds is 2. The molecule has 25 heavy (non-hydrogen) atoms. The van der Waals surface area contributed by atoms with E-state index >= 15 is 0 Å². The molecule has 2 amide bonds. The number of ether oxygens (including phenoxy) is 1. The van der Waals surface area contributed by atoms with Gasteiger partial charge in [-0.25, -0.2) is 4.98 Å². The molecule has 9 heteroatoms. The first-order valence-electron chi connectivity index (χ1n) is 7.17. The number of halogens is 3. The van der Waals surface area contributed by atoms with Crippen LogP contribution in [-0.2, 0) is 11.0 Å². The van der Waals surface area contributed by atoms with Crippen molar-refractivity contribution in [1.82, 2.24) is 4.98 Å². The van der Waals surface area contributed by atoms with E-state index in [2.05, 4.69) is 15.6 Å². The second-order valence-corrected chi connectivity index (χ2v) is 5.35. The van der Waals surface area contributed by atoms with Crippen molar-refractivity contribution in [3.63, 3.8) is 0 Å². The highest BCUT2D eigenvalue weighted by Gasteiger charge is 2.34. The summed E-state index contributed by atoms with van der Waals surface area (Å²) in [6.45, 7) is 1.32. The summed E-state index contributed by atoms with van der Waals surface area (Å²) >= 11 is 0. The standard InChI is InChI=1S/C16H12F3N3O3/c1-8-3-2-4-10(20-8)15(24)22-12-6-9(16(17,18)19)5-11-14(12)25-7-13(23)21-11/h2-6H,7H2,1H3,(H,21,23)(H,22,24). The Bertz CT molecular complexity index is 865. The van der Waals surface area contributed by atoms with Gasteiger partial charge in [0.2, 0.25) is 0 Å². The molecule has 1 aromatic carbocycles. The highest BCUT2D eigenvalue weighted by molar-refractivity contribution is 6.06. The molecule has 2 N–H and O–H groups in total. The lowest BCUT2D eigenvalue weighted by molar-refractivity contribution is -0.137. The van der Waals surface area contributed by atoms with E-state index in [0.29, 0.717) is 5.69 Å². The maximum atomic E-state index is 13.1. The van der Waals surface area contributed by atoms with E-state index in [1.165, 1.54) is 6.07 Å². The molecule has 2 heterocycles. The zero-order valence-electron chi connectivity index (χ0n) is 12.9. The van der Waals surface area contributed by atoms with Gasteiger partial charge in [-0.1, -0.05) is 6.07 Å². The van der Waals surface area contributed by atoms with Crippen molar-refractivity contribution in [1.29, 1.82) is 0 Å². The fourth-order valence-corrected chi connectivity index (χ4v) is 2.31. The van der Waals surface area contributed by atoms with E-state index in [4.69, 9.17) is 4.74 Å². The molecule has 1 aromatic heterocycles. The molecule has 0 bridgehead atoms. The zero-order chi connectivity index (χ0) is 18.2. The first-order chi connectivity index (χ1) is 11.7. The summed E-state index contributed by atoms with van der Waals surface area (Å²) in [7, 11) is 0. The minimum atomic E-state index is -4.65. The Morgan fingerprint density at radius 1 is 1.32 bits per heavy atom. The molecule has 0 saturated carbocycles. The molecule has 6 nitrogen and oxygen atoms in total. The summed E-state index contributed by atoms with van der Waals surface area (Å²) in [6.07, 6.45) is -4.65. The average Bonchev–Trinajstić information content (AvgIpc) is 2.53. The Balaban J connectivity index is 2.01. The highest BCUT2D eigenvalue weighted by atomic mass is 19.4. The topological polar surface area (TPSA) is 80.3 Å². The van der Waals surface area contributed by atoms with Crippen molar-refractivity contribution in [2.45, 2.75) is 13.1 Å². The lowest BCUT2D eigenvalue weighted by Crippen LogP contribution is -2.27. The van der Waals surface area contributed by atoms with Gasteiger partial charge in [0.15, 0.2) is 12.4 Å².